The molecule has 0 aromatic heterocycles. The highest BCUT2D eigenvalue weighted by Gasteiger charge is 2.16. The van der Waals surface area contributed by atoms with E-state index in [0.717, 1.165) is 22.6 Å². The first-order valence-corrected chi connectivity index (χ1v) is 10.6. The van der Waals surface area contributed by atoms with Crippen molar-refractivity contribution >= 4 is 11.9 Å². The van der Waals surface area contributed by atoms with Gasteiger partial charge in [-0.1, -0.05) is 42.5 Å². The maximum atomic E-state index is 12.1. The summed E-state index contributed by atoms with van der Waals surface area (Å²) in [6, 6.07) is 24.3. The van der Waals surface area contributed by atoms with Crippen LogP contribution in [0, 0.1) is 0 Å². The van der Waals surface area contributed by atoms with E-state index in [4.69, 9.17) is 19.3 Å². The van der Waals surface area contributed by atoms with Gasteiger partial charge in [-0.3, -0.25) is 4.79 Å². The van der Waals surface area contributed by atoms with E-state index in [9.17, 15) is 9.59 Å². The molecule has 0 radical (unpaired) electrons. The predicted octanol–water partition coefficient (Wildman–Crippen LogP) is 3.86. The largest absolute Gasteiger partial charge is 0.484 e. The molecule has 33 heavy (non-hydrogen) atoms. The monoisotopic (exact) mass is 449 g/mol. The molecule has 2 N–H and O–H groups in total. The molecule has 0 aliphatic heterocycles. The van der Waals surface area contributed by atoms with Crippen LogP contribution in [0.3, 0.4) is 0 Å². The number of amides is 1. The molecule has 0 spiro atoms. The third-order valence-corrected chi connectivity index (χ3v) is 4.91. The van der Waals surface area contributed by atoms with Crippen LogP contribution in [0.5, 0.6) is 17.2 Å². The average molecular weight is 450 g/mol. The molecule has 0 aliphatic rings. The van der Waals surface area contributed by atoms with E-state index in [-0.39, 0.29) is 18.9 Å². The summed E-state index contributed by atoms with van der Waals surface area (Å²) in [7, 11) is 1.37. The molecule has 1 unspecified atom stereocenters. The Labute approximate surface area is 192 Å². The van der Waals surface area contributed by atoms with Crippen molar-refractivity contribution in [3.8, 4) is 17.2 Å². The Morgan fingerprint density at radius 2 is 1.45 bits per heavy atom. The predicted molar refractivity (Wildman–Crippen MR) is 124 cm³/mol. The second-order valence-corrected chi connectivity index (χ2v) is 7.36. The van der Waals surface area contributed by atoms with E-state index in [2.05, 4.69) is 5.32 Å². The van der Waals surface area contributed by atoms with Crippen molar-refractivity contribution in [1.29, 1.82) is 0 Å². The second kappa shape index (κ2) is 12.3. The number of carboxylic acids is 1. The number of hydrogen-bond donors (Lipinski definition) is 2. The van der Waals surface area contributed by atoms with Crippen LogP contribution >= 0.6 is 0 Å². The van der Waals surface area contributed by atoms with Gasteiger partial charge in [0.15, 0.2) is 12.7 Å². The Bertz CT molecular complexity index is 1020. The molecular formula is C26H27NO6. The van der Waals surface area contributed by atoms with E-state index in [0.29, 0.717) is 18.7 Å². The zero-order chi connectivity index (χ0) is 23.5. The lowest BCUT2D eigenvalue weighted by atomic mass is 10.1. The van der Waals surface area contributed by atoms with Crippen molar-refractivity contribution < 1.29 is 28.9 Å². The van der Waals surface area contributed by atoms with Crippen molar-refractivity contribution in [3.05, 3.63) is 90.0 Å². The Balaban J connectivity index is 1.36. The summed E-state index contributed by atoms with van der Waals surface area (Å²) < 4.78 is 16.2. The van der Waals surface area contributed by atoms with Gasteiger partial charge in [0.1, 0.15) is 17.2 Å². The van der Waals surface area contributed by atoms with Crippen LogP contribution in [0.1, 0.15) is 11.1 Å². The summed E-state index contributed by atoms with van der Waals surface area (Å²) in [5, 5.41) is 11.9. The lowest BCUT2D eigenvalue weighted by molar-refractivity contribution is -0.148. The SMILES string of the molecule is COC(Cc1ccc(OCC(=O)NCCc2ccc(Oc3ccccc3)cc2)cc1)C(=O)O. The summed E-state index contributed by atoms with van der Waals surface area (Å²) in [5.74, 6) is 0.854. The molecule has 0 heterocycles. The van der Waals surface area contributed by atoms with E-state index in [1.54, 1.807) is 24.3 Å². The quantitative estimate of drug-likeness (QED) is 0.436. The minimum atomic E-state index is -1.01. The molecule has 7 nitrogen and oxygen atoms in total. The Kier molecular flexibility index (Phi) is 8.85. The summed E-state index contributed by atoms with van der Waals surface area (Å²) >= 11 is 0. The summed E-state index contributed by atoms with van der Waals surface area (Å²) in [5.41, 5.74) is 1.89. The van der Waals surface area contributed by atoms with E-state index < -0.39 is 12.1 Å². The topological polar surface area (TPSA) is 94.1 Å². The Morgan fingerprint density at radius 3 is 2.09 bits per heavy atom. The normalized spacial score (nSPS) is 11.4. The van der Waals surface area contributed by atoms with Crippen molar-refractivity contribution in [2.75, 3.05) is 20.3 Å². The van der Waals surface area contributed by atoms with Crippen LogP contribution in [0.2, 0.25) is 0 Å². The minimum Gasteiger partial charge on any atom is -0.484 e. The van der Waals surface area contributed by atoms with E-state index in [1.165, 1.54) is 7.11 Å². The number of aliphatic carboxylic acids is 1. The molecule has 3 aromatic carbocycles. The first-order valence-electron chi connectivity index (χ1n) is 10.6. The average Bonchev–Trinajstić information content (AvgIpc) is 2.83. The first-order chi connectivity index (χ1) is 16.0. The number of carbonyl (C=O) groups excluding carboxylic acids is 1. The molecule has 0 aliphatic carbocycles. The van der Waals surface area contributed by atoms with Crippen molar-refractivity contribution in [2.24, 2.45) is 0 Å². The Hall–Kier alpha value is -3.84. The number of hydrogen-bond acceptors (Lipinski definition) is 5. The number of rotatable bonds is 12. The fourth-order valence-electron chi connectivity index (χ4n) is 3.10. The lowest BCUT2D eigenvalue weighted by Crippen LogP contribution is -2.30. The van der Waals surface area contributed by atoms with Crippen LogP contribution in [-0.4, -0.2) is 43.3 Å². The molecule has 3 rings (SSSR count). The standard InChI is InChI=1S/C26H27NO6/c1-31-24(26(29)30)17-20-9-11-21(12-10-20)32-18-25(28)27-16-15-19-7-13-23(14-8-19)33-22-5-3-2-4-6-22/h2-14,24H,15-18H2,1H3,(H,27,28)(H,29,30). The van der Waals surface area contributed by atoms with Crippen molar-refractivity contribution in [2.45, 2.75) is 18.9 Å². The maximum Gasteiger partial charge on any atom is 0.333 e. The van der Waals surface area contributed by atoms with Crippen LogP contribution < -0.4 is 14.8 Å². The third-order valence-electron chi connectivity index (χ3n) is 4.91. The van der Waals surface area contributed by atoms with Gasteiger partial charge in [-0.25, -0.2) is 4.79 Å². The number of benzene rings is 3. The van der Waals surface area contributed by atoms with Crippen LogP contribution in [0.4, 0.5) is 0 Å². The van der Waals surface area contributed by atoms with Crippen molar-refractivity contribution in [3.63, 3.8) is 0 Å². The molecule has 7 heteroatoms. The summed E-state index contributed by atoms with van der Waals surface area (Å²) in [6.45, 7) is 0.395. The Morgan fingerprint density at radius 1 is 0.848 bits per heavy atom. The smallest absolute Gasteiger partial charge is 0.333 e. The van der Waals surface area contributed by atoms with Gasteiger partial charge in [0.05, 0.1) is 0 Å². The van der Waals surface area contributed by atoms with Crippen LogP contribution in [0.25, 0.3) is 0 Å². The molecule has 0 saturated carbocycles. The minimum absolute atomic E-state index is 0.0982. The van der Waals surface area contributed by atoms with Crippen LogP contribution in [-0.2, 0) is 27.2 Å². The molecular weight excluding hydrogens is 422 g/mol. The highest BCUT2D eigenvalue weighted by Crippen LogP contribution is 2.21. The van der Waals surface area contributed by atoms with Crippen molar-refractivity contribution in [1.82, 2.24) is 5.32 Å². The molecule has 172 valence electrons. The first kappa shape index (κ1) is 23.8. The van der Waals surface area contributed by atoms with Gasteiger partial charge in [-0.15, -0.1) is 0 Å². The summed E-state index contributed by atoms with van der Waals surface area (Å²) in [6.07, 6.45) is 0.0533. The number of carbonyl (C=O) groups is 2. The van der Waals surface area contributed by atoms with E-state index >= 15 is 0 Å². The van der Waals surface area contributed by atoms with Crippen LogP contribution in [0.15, 0.2) is 78.9 Å². The molecule has 0 saturated heterocycles. The molecule has 0 bridgehead atoms. The van der Waals surface area contributed by atoms with Gasteiger partial charge >= 0.3 is 5.97 Å². The number of para-hydroxylation sites is 1. The number of nitrogens with one attached hydrogen (secondary N) is 1. The third kappa shape index (κ3) is 7.97. The fraction of sp³-hybridized carbons (Fsp3) is 0.231. The lowest BCUT2D eigenvalue weighted by Gasteiger charge is -2.11. The molecule has 1 atom stereocenters. The van der Waals surface area contributed by atoms with Gasteiger partial charge in [-0.2, -0.15) is 0 Å². The van der Waals surface area contributed by atoms with E-state index in [1.807, 2.05) is 54.6 Å². The van der Waals surface area contributed by atoms with Gasteiger partial charge in [0, 0.05) is 20.1 Å². The molecule has 3 aromatic rings. The highest BCUT2D eigenvalue weighted by molar-refractivity contribution is 5.77. The number of carboxylic acid groups (broad SMARTS) is 1. The number of methoxy groups -OCH3 is 1. The molecule has 0 fully saturated rings. The fourth-order valence-corrected chi connectivity index (χ4v) is 3.10. The number of ether oxygens (including phenoxy) is 3. The van der Waals surface area contributed by atoms with Gasteiger partial charge in [0.2, 0.25) is 0 Å². The van der Waals surface area contributed by atoms with Gasteiger partial charge in [0.25, 0.3) is 5.91 Å². The van der Waals surface area contributed by atoms with Gasteiger partial charge < -0.3 is 24.6 Å². The zero-order valence-electron chi connectivity index (χ0n) is 18.4. The second-order valence-electron chi connectivity index (χ2n) is 7.36. The van der Waals surface area contributed by atoms with Gasteiger partial charge in [-0.05, 0) is 53.9 Å². The zero-order valence-corrected chi connectivity index (χ0v) is 18.4. The molecule has 1 amide bonds. The maximum absolute atomic E-state index is 12.1. The summed E-state index contributed by atoms with van der Waals surface area (Å²) in [4.78, 5) is 23.1. The highest BCUT2D eigenvalue weighted by atomic mass is 16.5.